The maximum Gasteiger partial charge on any atom is 0.311 e. The number of anilines is 1. The molecule has 1 atom stereocenters. The van der Waals surface area contributed by atoms with Crippen LogP contribution in [0.15, 0.2) is 16.9 Å². The third kappa shape index (κ3) is 2.87. The lowest BCUT2D eigenvalue weighted by Gasteiger charge is -2.22. The zero-order valence-electron chi connectivity index (χ0n) is 9.55. The first kappa shape index (κ1) is 13.4. The average molecular weight is 329 g/mol. The van der Waals surface area contributed by atoms with Crippen LogP contribution in [0.5, 0.6) is 0 Å². The van der Waals surface area contributed by atoms with Crippen LogP contribution >= 0.6 is 15.9 Å². The van der Waals surface area contributed by atoms with Crippen LogP contribution in [0.25, 0.3) is 0 Å². The third-order valence-electron chi connectivity index (χ3n) is 2.63. The zero-order valence-corrected chi connectivity index (χ0v) is 11.1. The molecule has 0 radical (unpaired) electrons. The van der Waals surface area contributed by atoms with Gasteiger partial charge in [0.05, 0.1) is 9.40 Å². The number of pyridine rings is 1. The molecule has 0 bridgehead atoms. The van der Waals surface area contributed by atoms with Crippen LogP contribution in [0, 0.1) is 10.1 Å². The van der Waals surface area contributed by atoms with Crippen molar-refractivity contribution in [2.24, 2.45) is 0 Å². The molecule has 0 aromatic carbocycles. The number of nitro groups is 1. The Bertz CT molecular complexity index is 562. The van der Waals surface area contributed by atoms with Crippen molar-refractivity contribution in [2.75, 3.05) is 5.32 Å². The largest absolute Gasteiger partial charge is 0.367 e. The molecule has 19 heavy (non-hydrogen) atoms. The molecule has 0 aliphatic carbocycles. The maximum atomic E-state index is 11.6. The topological polar surface area (TPSA) is 114 Å². The number of hydrogen-bond acceptors (Lipinski definition) is 6. The predicted octanol–water partition coefficient (Wildman–Crippen LogP) is 0.969. The van der Waals surface area contributed by atoms with Gasteiger partial charge in [-0.1, -0.05) is 0 Å². The van der Waals surface area contributed by atoms with Crippen molar-refractivity contribution < 1.29 is 14.5 Å². The van der Waals surface area contributed by atoms with Crippen molar-refractivity contribution in [1.29, 1.82) is 0 Å². The van der Waals surface area contributed by atoms with Gasteiger partial charge in [-0.15, -0.1) is 0 Å². The molecule has 9 heteroatoms. The molecule has 0 spiro atoms. The van der Waals surface area contributed by atoms with Gasteiger partial charge in [0.25, 0.3) is 0 Å². The summed E-state index contributed by atoms with van der Waals surface area (Å²) in [5, 5.41) is 15.9. The molecule has 1 unspecified atom stereocenters. The van der Waals surface area contributed by atoms with Crippen molar-refractivity contribution in [3.05, 3.63) is 27.0 Å². The molecular weight excluding hydrogens is 320 g/mol. The monoisotopic (exact) mass is 328 g/mol. The minimum Gasteiger partial charge on any atom is -0.367 e. The summed E-state index contributed by atoms with van der Waals surface area (Å²) in [6.07, 6.45) is 2.97. The van der Waals surface area contributed by atoms with Crippen molar-refractivity contribution in [3.63, 3.8) is 0 Å². The summed E-state index contributed by atoms with van der Waals surface area (Å²) < 4.78 is 0.381. The highest BCUT2D eigenvalue weighted by atomic mass is 79.9. The fraction of sp³-hybridized carbons (Fsp3) is 0.300. The Labute approximate surface area is 115 Å². The summed E-state index contributed by atoms with van der Waals surface area (Å²) in [5.74, 6) is -0.833. The number of imide groups is 1. The Hall–Kier alpha value is -2.03. The van der Waals surface area contributed by atoms with Crippen LogP contribution in [-0.2, 0) is 9.59 Å². The number of hydrogen-bond donors (Lipinski definition) is 2. The number of carbonyl (C=O) groups excluding carboxylic acids is 2. The van der Waals surface area contributed by atoms with Gasteiger partial charge >= 0.3 is 5.69 Å². The molecule has 8 nitrogen and oxygen atoms in total. The highest BCUT2D eigenvalue weighted by Crippen LogP contribution is 2.32. The lowest BCUT2D eigenvalue weighted by Crippen LogP contribution is -2.47. The number of carbonyl (C=O) groups is 2. The first-order valence-electron chi connectivity index (χ1n) is 5.37. The van der Waals surface area contributed by atoms with Gasteiger partial charge in [0.15, 0.2) is 0 Å². The number of nitrogens with one attached hydrogen (secondary N) is 2. The molecule has 1 saturated heterocycles. The van der Waals surface area contributed by atoms with Crippen LogP contribution in [0.3, 0.4) is 0 Å². The van der Waals surface area contributed by atoms with Gasteiger partial charge in [-0.05, 0) is 22.4 Å². The summed E-state index contributed by atoms with van der Waals surface area (Å²) >= 11 is 3.15. The van der Waals surface area contributed by atoms with Crippen molar-refractivity contribution in [3.8, 4) is 0 Å². The quantitative estimate of drug-likeness (QED) is 0.485. The number of amides is 2. The van der Waals surface area contributed by atoms with E-state index in [0.29, 0.717) is 4.47 Å². The lowest BCUT2D eigenvalue weighted by molar-refractivity contribution is -0.384. The summed E-state index contributed by atoms with van der Waals surface area (Å²) in [4.78, 5) is 36.6. The fourth-order valence-corrected chi connectivity index (χ4v) is 2.15. The highest BCUT2D eigenvalue weighted by molar-refractivity contribution is 9.10. The molecule has 2 N–H and O–H groups in total. The molecule has 2 amide bonds. The fourth-order valence-electron chi connectivity index (χ4n) is 1.71. The number of piperidine rings is 1. The van der Waals surface area contributed by atoms with E-state index in [9.17, 15) is 19.7 Å². The van der Waals surface area contributed by atoms with Gasteiger partial charge < -0.3 is 5.32 Å². The van der Waals surface area contributed by atoms with Gasteiger partial charge in [0.2, 0.25) is 11.8 Å². The Balaban J connectivity index is 2.26. The number of halogens is 1. The van der Waals surface area contributed by atoms with Crippen LogP contribution in [0.4, 0.5) is 11.4 Å². The van der Waals surface area contributed by atoms with E-state index in [1.54, 1.807) is 0 Å². The number of aromatic nitrogens is 1. The lowest BCUT2D eigenvalue weighted by atomic mass is 10.1. The second-order valence-corrected chi connectivity index (χ2v) is 4.77. The van der Waals surface area contributed by atoms with Crippen LogP contribution in [0.2, 0.25) is 0 Å². The molecule has 1 aromatic heterocycles. The summed E-state index contributed by atoms with van der Waals surface area (Å²) in [5.41, 5.74) is -0.0615. The van der Waals surface area contributed by atoms with Gasteiger partial charge in [-0.2, -0.15) is 0 Å². The molecule has 1 aliphatic heterocycles. The van der Waals surface area contributed by atoms with E-state index >= 15 is 0 Å². The summed E-state index contributed by atoms with van der Waals surface area (Å²) in [7, 11) is 0. The van der Waals surface area contributed by atoms with Crippen LogP contribution in [-0.4, -0.2) is 27.8 Å². The Kier molecular flexibility index (Phi) is 3.74. The first-order valence-corrected chi connectivity index (χ1v) is 6.16. The summed E-state index contributed by atoms with van der Waals surface area (Å²) in [6.45, 7) is 0. The van der Waals surface area contributed by atoms with E-state index in [1.807, 2.05) is 0 Å². The Morgan fingerprint density at radius 2 is 2.21 bits per heavy atom. The van der Waals surface area contributed by atoms with Gasteiger partial charge in [0, 0.05) is 12.6 Å². The molecule has 1 aliphatic rings. The molecule has 1 aromatic rings. The summed E-state index contributed by atoms with van der Waals surface area (Å²) in [6, 6.07) is -0.685. The molecule has 1 fully saturated rings. The van der Waals surface area contributed by atoms with Crippen molar-refractivity contribution in [2.45, 2.75) is 18.9 Å². The molecule has 0 saturated carbocycles. The molecule has 2 rings (SSSR count). The smallest absolute Gasteiger partial charge is 0.311 e. The Morgan fingerprint density at radius 3 is 2.84 bits per heavy atom. The van der Waals surface area contributed by atoms with E-state index in [2.05, 4.69) is 31.5 Å². The van der Waals surface area contributed by atoms with Gasteiger partial charge in [-0.3, -0.25) is 30.0 Å². The van der Waals surface area contributed by atoms with Crippen molar-refractivity contribution >= 4 is 39.1 Å². The standard InChI is InChI=1S/C10H9BrN4O4/c11-5-3-12-4-7(15(18)19)9(5)13-6-1-2-8(16)14-10(6)17/h3-4,6H,1-2H2,(H,12,13)(H,14,16,17). The normalized spacial score (nSPS) is 18.9. The zero-order chi connectivity index (χ0) is 14.0. The molecular formula is C10H9BrN4O4. The molecule has 100 valence electrons. The van der Waals surface area contributed by atoms with E-state index in [1.165, 1.54) is 6.20 Å². The van der Waals surface area contributed by atoms with Gasteiger partial charge in [-0.25, -0.2) is 0 Å². The van der Waals surface area contributed by atoms with Crippen molar-refractivity contribution in [1.82, 2.24) is 10.3 Å². The minimum atomic E-state index is -0.685. The van der Waals surface area contributed by atoms with E-state index < -0.39 is 16.9 Å². The average Bonchev–Trinajstić information content (AvgIpc) is 2.34. The second-order valence-electron chi connectivity index (χ2n) is 3.92. The second kappa shape index (κ2) is 5.31. The molecule has 2 heterocycles. The minimum absolute atomic E-state index is 0.175. The van der Waals surface area contributed by atoms with E-state index in [0.717, 1.165) is 6.20 Å². The number of rotatable bonds is 3. The predicted molar refractivity (Wildman–Crippen MR) is 68.4 cm³/mol. The first-order chi connectivity index (χ1) is 8.99. The van der Waals surface area contributed by atoms with Gasteiger partial charge in [0.1, 0.15) is 17.9 Å². The Morgan fingerprint density at radius 1 is 1.47 bits per heavy atom. The van der Waals surface area contributed by atoms with Crippen LogP contribution < -0.4 is 10.6 Å². The maximum absolute atomic E-state index is 11.6. The SMILES string of the molecule is O=C1CCC(Nc2c(Br)cncc2[N+](=O)[O-])C(=O)N1. The number of nitrogens with zero attached hydrogens (tertiary/aromatic N) is 2. The van der Waals surface area contributed by atoms with Crippen LogP contribution in [0.1, 0.15) is 12.8 Å². The highest BCUT2D eigenvalue weighted by Gasteiger charge is 2.29. The van der Waals surface area contributed by atoms with E-state index in [4.69, 9.17) is 0 Å². The van der Waals surface area contributed by atoms with E-state index in [-0.39, 0.29) is 30.1 Å². The third-order valence-corrected chi connectivity index (χ3v) is 3.24.